The van der Waals surface area contributed by atoms with Crippen molar-refractivity contribution in [1.29, 1.82) is 5.41 Å². The quantitative estimate of drug-likeness (QED) is 0.378. The van der Waals surface area contributed by atoms with Gasteiger partial charge in [0.05, 0.1) is 19.2 Å². The van der Waals surface area contributed by atoms with Gasteiger partial charge >= 0.3 is 5.97 Å². The maximum absolute atomic E-state index is 11.8. The minimum absolute atomic E-state index is 0.0127. The molecule has 0 amide bonds. The van der Waals surface area contributed by atoms with Crippen LogP contribution in [0, 0.1) is 5.41 Å². The van der Waals surface area contributed by atoms with Crippen molar-refractivity contribution in [3.05, 3.63) is 54.1 Å². The smallest absolute Gasteiger partial charge is 0.307 e. The molecule has 2 rings (SSSR count). The Morgan fingerprint density at radius 3 is 2.00 bits per heavy atom. The van der Waals surface area contributed by atoms with E-state index < -0.39 is 16.2 Å². The van der Waals surface area contributed by atoms with Crippen molar-refractivity contribution in [2.24, 2.45) is 10.9 Å². The maximum Gasteiger partial charge on any atom is 0.307 e. The van der Waals surface area contributed by atoms with Crippen molar-refractivity contribution in [3.8, 4) is 11.1 Å². The van der Waals surface area contributed by atoms with Crippen molar-refractivity contribution in [2.75, 3.05) is 18.0 Å². The lowest BCUT2D eigenvalue weighted by molar-refractivity contribution is -0.140. The third-order valence-electron chi connectivity index (χ3n) is 3.74. The highest BCUT2D eigenvalue weighted by Crippen LogP contribution is 2.24. The lowest BCUT2D eigenvalue weighted by atomic mass is 10.0. The number of carbonyl (C=O) groups excluding carboxylic acids is 1. The second-order valence-corrected chi connectivity index (χ2v) is 6.95. The van der Waals surface area contributed by atoms with E-state index in [0.717, 1.165) is 15.4 Å². The molecule has 0 saturated heterocycles. The number of hydrogen-bond donors (Lipinski definition) is 3. The van der Waals surface area contributed by atoms with E-state index in [4.69, 9.17) is 16.3 Å². The zero-order chi connectivity index (χ0) is 19.3. The van der Waals surface area contributed by atoms with Crippen molar-refractivity contribution in [3.63, 3.8) is 0 Å². The van der Waals surface area contributed by atoms with Crippen LogP contribution in [0.3, 0.4) is 0 Å². The molecule has 2 aromatic rings. The predicted molar refractivity (Wildman–Crippen MR) is 100.0 cm³/mol. The summed E-state index contributed by atoms with van der Waals surface area (Å²) in [6, 6.07) is 13.8. The Morgan fingerprint density at radius 1 is 1.08 bits per heavy atom. The van der Waals surface area contributed by atoms with Gasteiger partial charge in [0.25, 0.3) is 10.2 Å². The summed E-state index contributed by atoms with van der Waals surface area (Å²) in [5.41, 5.74) is 8.14. The number of ether oxygens (including phenoxy) is 1. The number of methoxy groups -OCH3 is 1. The molecule has 8 nitrogen and oxygen atoms in total. The Labute approximate surface area is 152 Å². The van der Waals surface area contributed by atoms with Gasteiger partial charge in [0.2, 0.25) is 0 Å². The van der Waals surface area contributed by atoms with Crippen molar-refractivity contribution >= 4 is 27.7 Å². The predicted octanol–water partition coefficient (Wildman–Crippen LogP) is 1.21. The molecule has 0 aliphatic heterocycles. The molecule has 2 aromatic carbocycles. The van der Waals surface area contributed by atoms with Crippen molar-refractivity contribution in [1.82, 2.24) is 0 Å². The molecular formula is C17H20N4O4S. The van der Waals surface area contributed by atoms with Crippen LogP contribution in [0.5, 0.6) is 0 Å². The molecule has 0 unspecified atom stereocenters. The number of nitrogens with one attached hydrogen (secondary N) is 1. The normalized spacial score (nSPS) is 11.0. The average molecular weight is 376 g/mol. The second kappa shape index (κ2) is 7.98. The van der Waals surface area contributed by atoms with Gasteiger partial charge in [0, 0.05) is 12.1 Å². The lowest BCUT2D eigenvalue weighted by Gasteiger charge is -2.21. The monoisotopic (exact) mass is 376 g/mol. The summed E-state index contributed by atoms with van der Waals surface area (Å²) in [5, 5.41) is 12.6. The number of carbonyl (C=O) groups is 1. The van der Waals surface area contributed by atoms with Gasteiger partial charge in [-0.3, -0.25) is 14.5 Å². The number of esters is 1. The lowest BCUT2D eigenvalue weighted by Crippen LogP contribution is -2.38. The molecule has 0 heterocycles. The fraction of sp³-hybridized carbons (Fsp3) is 0.176. The fourth-order valence-corrected chi connectivity index (χ4v) is 3.12. The molecule has 0 saturated carbocycles. The first-order valence-electron chi connectivity index (χ1n) is 7.64. The van der Waals surface area contributed by atoms with Crippen LogP contribution < -0.4 is 15.2 Å². The molecule has 0 aromatic heterocycles. The van der Waals surface area contributed by atoms with Gasteiger partial charge in [-0.05, 0) is 23.3 Å². The number of hydrogen-bond acceptors (Lipinski definition) is 5. The largest absolute Gasteiger partial charge is 0.469 e. The molecule has 0 bridgehead atoms. The minimum atomic E-state index is -4.03. The standard InChI is InChI=1S/C17H20N4O4S/c1-25-16(22)10-11-21(26(20,23)24)15-8-6-13(7-9-15)12-2-4-14(5-3-12)17(18)19/h2-9H,10-11H2,1H3,(H3,18,19)(H2,20,23,24). The average Bonchev–Trinajstić information content (AvgIpc) is 2.61. The summed E-state index contributed by atoms with van der Waals surface area (Å²) >= 11 is 0. The number of rotatable bonds is 7. The van der Waals surface area contributed by atoms with E-state index >= 15 is 0 Å². The molecule has 0 aliphatic rings. The van der Waals surface area contributed by atoms with E-state index in [9.17, 15) is 13.2 Å². The molecule has 0 aliphatic carbocycles. The van der Waals surface area contributed by atoms with Gasteiger partial charge in [0.15, 0.2) is 0 Å². The highest BCUT2D eigenvalue weighted by Gasteiger charge is 2.19. The molecule has 26 heavy (non-hydrogen) atoms. The van der Waals surface area contributed by atoms with E-state index in [1.165, 1.54) is 7.11 Å². The maximum atomic E-state index is 11.8. The zero-order valence-corrected chi connectivity index (χ0v) is 15.0. The Hall–Kier alpha value is -2.91. The number of nitrogens with two attached hydrogens (primary N) is 2. The van der Waals surface area contributed by atoms with Crippen molar-refractivity contribution < 1.29 is 17.9 Å². The third-order valence-corrected chi connectivity index (χ3v) is 4.75. The van der Waals surface area contributed by atoms with Crippen molar-refractivity contribution in [2.45, 2.75) is 6.42 Å². The molecular weight excluding hydrogens is 356 g/mol. The minimum Gasteiger partial charge on any atom is -0.469 e. The second-order valence-electron chi connectivity index (χ2n) is 5.48. The molecule has 9 heteroatoms. The number of nitrogen functional groups attached to an aromatic ring is 1. The third kappa shape index (κ3) is 4.80. The summed E-state index contributed by atoms with van der Waals surface area (Å²) in [7, 11) is -2.79. The first kappa shape index (κ1) is 19.4. The molecule has 5 N–H and O–H groups in total. The van der Waals surface area contributed by atoms with Gasteiger partial charge < -0.3 is 10.5 Å². The highest BCUT2D eigenvalue weighted by molar-refractivity contribution is 7.90. The summed E-state index contributed by atoms with van der Waals surface area (Å²) < 4.78 is 29.1. The molecule has 0 spiro atoms. The van der Waals surface area contributed by atoms with Crippen LogP contribution in [-0.4, -0.2) is 33.9 Å². The molecule has 0 atom stereocenters. The Bertz CT molecular complexity index is 893. The molecule has 138 valence electrons. The topological polar surface area (TPSA) is 140 Å². The van der Waals surface area contributed by atoms with Crippen LogP contribution in [0.4, 0.5) is 5.69 Å². The van der Waals surface area contributed by atoms with E-state index in [2.05, 4.69) is 4.74 Å². The summed E-state index contributed by atoms with van der Waals surface area (Å²) in [6.45, 7) is -0.113. The van der Waals surface area contributed by atoms with Gasteiger partial charge in [-0.1, -0.05) is 36.4 Å². The zero-order valence-electron chi connectivity index (χ0n) is 14.2. The first-order chi connectivity index (χ1) is 12.2. The first-order valence-corrected chi connectivity index (χ1v) is 9.15. The highest BCUT2D eigenvalue weighted by atomic mass is 32.2. The Morgan fingerprint density at radius 2 is 1.58 bits per heavy atom. The molecule has 0 radical (unpaired) electrons. The number of amidine groups is 1. The molecule has 0 fully saturated rings. The van der Waals surface area contributed by atoms with Gasteiger partial charge in [0.1, 0.15) is 5.84 Å². The summed E-state index contributed by atoms with van der Waals surface area (Å²) in [4.78, 5) is 11.3. The van der Waals surface area contributed by atoms with Crippen LogP contribution in [0.25, 0.3) is 11.1 Å². The van der Waals surface area contributed by atoms with Gasteiger partial charge in [-0.25, -0.2) is 5.14 Å². The van der Waals surface area contributed by atoms with E-state index in [-0.39, 0.29) is 18.8 Å². The van der Waals surface area contributed by atoms with Crippen LogP contribution in [-0.2, 0) is 19.7 Å². The van der Waals surface area contributed by atoms with E-state index in [1.54, 1.807) is 36.4 Å². The number of anilines is 1. The number of nitrogens with zero attached hydrogens (tertiary/aromatic N) is 1. The van der Waals surface area contributed by atoms with Gasteiger partial charge in [-0.2, -0.15) is 8.42 Å². The summed E-state index contributed by atoms with van der Waals surface area (Å²) in [6.07, 6.45) is -0.110. The van der Waals surface area contributed by atoms with Crippen LogP contribution in [0.1, 0.15) is 12.0 Å². The van der Waals surface area contributed by atoms with Gasteiger partial charge in [-0.15, -0.1) is 0 Å². The summed E-state index contributed by atoms with van der Waals surface area (Å²) in [5.74, 6) is -0.540. The van der Waals surface area contributed by atoms with E-state index in [1.807, 2.05) is 12.1 Å². The fourth-order valence-electron chi connectivity index (χ4n) is 2.36. The van der Waals surface area contributed by atoms with Crippen LogP contribution in [0.2, 0.25) is 0 Å². The van der Waals surface area contributed by atoms with Crippen LogP contribution >= 0.6 is 0 Å². The van der Waals surface area contributed by atoms with E-state index in [0.29, 0.717) is 11.3 Å². The Balaban J connectivity index is 2.24. The van der Waals surface area contributed by atoms with Crippen LogP contribution in [0.15, 0.2) is 48.5 Å². The number of benzene rings is 2. The SMILES string of the molecule is COC(=O)CCN(c1ccc(-c2ccc(C(=N)N)cc2)cc1)S(N)(=O)=O. The Kier molecular flexibility index (Phi) is 5.96.